The van der Waals surface area contributed by atoms with Crippen molar-refractivity contribution in [1.82, 2.24) is 10.5 Å². The Labute approximate surface area is 111 Å². The predicted octanol–water partition coefficient (Wildman–Crippen LogP) is 1.97. The van der Waals surface area contributed by atoms with Gasteiger partial charge in [0.2, 0.25) is 5.56 Å². The first-order valence-corrected chi connectivity index (χ1v) is 6.16. The Hall–Kier alpha value is -1.66. The molecule has 94 valence electrons. The van der Waals surface area contributed by atoms with E-state index in [-0.39, 0.29) is 11.1 Å². The van der Waals surface area contributed by atoms with Crippen molar-refractivity contribution in [3.05, 3.63) is 44.7 Å². The summed E-state index contributed by atoms with van der Waals surface area (Å²) in [6, 6.07) is 6.55. The third kappa shape index (κ3) is 2.60. The Bertz CT molecular complexity index is 651. The number of carbonyl (C=O) groups is 1. The van der Waals surface area contributed by atoms with Gasteiger partial charge in [0.15, 0.2) is 0 Å². The minimum atomic E-state index is -0.439. The molecular formula is C12H11BrN2O3. The Morgan fingerprint density at radius 3 is 2.94 bits per heavy atom. The van der Waals surface area contributed by atoms with Crippen LogP contribution in [-0.4, -0.2) is 17.5 Å². The number of amides is 1. The second-order valence-corrected chi connectivity index (χ2v) is 4.52. The lowest BCUT2D eigenvalue weighted by atomic mass is 10.1. The maximum Gasteiger partial charge on any atom is 0.275 e. The monoisotopic (exact) mass is 310 g/mol. The van der Waals surface area contributed by atoms with Gasteiger partial charge >= 0.3 is 0 Å². The predicted molar refractivity (Wildman–Crippen MR) is 71.4 cm³/mol. The number of halogens is 1. The Kier molecular flexibility index (Phi) is 3.78. The van der Waals surface area contributed by atoms with E-state index in [0.29, 0.717) is 17.5 Å². The second kappa shape index (κ2) is 5.32. The van der Waals surface area contributed by atoms with Crippen LogP contribution >= 0.6 is 15.9 Å². The quantitative estimate of drug-likeness (QED) is 0.851. The minimum Gasteiger partial charge on any atom is -0.322 e. The number of nitrogens with one attached hydrogen (secondary N) is 2. The van der Waals surface area contributed by atoms with Crippen LogP contribution in [0.3, 0.4) is 0 Å². The lowest BCUT2D eigenvalue weighted by molar-refractivity contribution is 0.0366. The van der Waals surface area contributed by atoms with Gasteiger partial charge in [-0.05, 0) is 25.1 Å². The van der Waals surface area contributed by atoms with Gasteiger partial charge in [-0.2, -0.15) is 0 Å². The van der Waals surface area contributed by atoms with Gasteiger partial charge in [-0.3, -0.25) is 14.4 Å². The van der Waals surface area contributed by atoms with Crippen LogP contribution in [0, 0.1) is 0 Å². The molecule has 0 saturated heterocycles. The van der Waals surface area contributed by atoms with Crippen molar-refractivity contribution in [2.45, 2.75) is 6.92 Å². The molecule has 1 aromatic heterocycles. The van der Waals surface area contributed by atoms with Crippen LogP contribution in [0.15, 0.2) is 33.5 Å². The SMILES string of the molecule is CCONC(=O)c1cc(=O)[nH]c2ccc(Br)cc12. The molecule has 0 spiro atoms. The zero-order chi connectivity index (χ0) is 13.1. The number of pyridine rings is 1. The zero-order valence-electron chi connectivity index (χ0n) is 9.62. The van der Waals surface area contributed by atoms with Crippen LogP contribution in [-0.2, 0) is 4.84 Å². The molecule has 18 heavy (non-hydrogen) atoms. The van der Waals surface area contributed by atoms with Gasteiger partial charge in [-0.15, -0.1) is 0 Å². The van der Waals surface area contributed by atoms with Crippen molar-refractivity contribution in [2.24, 2.45) is 0 Å². The maximum absolute atomic E-state index is 11.9. The number of rotatable bonds is 3. The summed E-state index contributed by atoms with van der Waals surface area (Å²) in [5, 5.41) is 0.654. The number of H-pyrrole nitrogens is 1. The molecule has 6 heteroatoms. The molecule has 0 fully saturated rings. The molecule has 5 nitrogen and oxygen atoms in total. The van der Waals surface area contributed by atoms with Crippen molar-refractivity contribution < 1.29 is 9.63 Å². The molecule has 0 aliphatic heterocycles. The molecule has 1 aromatic carbocycles. The van der Waals surface area contributed by atoms with E-state index in [1.807, 2.05) is 0 Å². The summed E-state index contributed by atoms with van der Waals surface area (Å²) in [4.78, 5) is 30.9. The van der Waals surface area contributed by atoms with E-state index in [1.54, 1.807) is 25.1 Å². The Morgan fingerprint density at radius 1 is 1.44 bits per heavy atom. The van der Waals surface area contributed by atoms with Crippen molar-refractivity contribution >= 4 is 32.7 Å². The first-order chi connectivity index (χ1) is 8.61. The normalized spacial score (nSPS) is 10.6. The minimum absolute atomic E-state index is 0.281. The van der Waals surface area contributed by atoms with Gasteiger partial charge in [-0.25, -0.2) is 5.48 Å². The van der Waals surface area contributed by atoms with E-state index in [1.165, 1.54) is 6.07 Å². The number of benzene rings is 1. The standard InChI is InChI=1S/C12H11BrN2O3/c1-2-18-15-12(17)9-6-11(16)14-10-4-3-7(13)5-8(9)10/h3-6H,2H2,1H3,(H,14,16)(H,15,17). The number of aromatic nitrogens is 1. The fourth-order valence-electron chi connectivity index (χ4n) is 1.61. The number of hydrogen-bond acceptors (Lipinski definition) is 3. The van der Waals surface area contributed by atoms with Gasteiger partial charge in [-0.1, -0.05) is 15.9 Å². The van der Waals surface area contributed by atoms with Crippen molar-refractivity contribution in [3.63, 3.8) is 0 Å². The second-order valence-electron chi connectivity index (χ2n) is 3.60. The highest BCUT2D eigenvalue weighted by Crippen LogP contribution is 2.20. The smallest absolute Gasteiger partial charge is 0.275 e. The van der Waals surface area contributed by atoms with Crippen molar-refractivity contribution in [3.8, 4) is 0 Å². The van der Waals surface area contributed by atoms with Gasteiger partial charge in [0, 0.05) is 21.4 Å². The summed E-state index contributed by atoms with van der Waals surface area (Å²) in [5.74, 6) is -0.439. The van der Waals surface area contributed by atoms with Gasteiger partial charge in [0.05, 0.1) is 12.2 Å². The van der Waals surface area contributed by atoms with E-state index in [0.717, 1.165) is 4.47 Å². The third-order valence-electron chi connectivity index (χ3n) is 2.36. The van der Waals surface area contributed by atoms with Crippen molar-refractivity contribution in [1.29, 1.82) is 0 Å². The topological polar surface area (TPSA) is 71.2 Å². The molecular weight excluding hydrogens is 300 g/mol. The molecule has 1 heterocycles. The maximum atomic E-state index is 11.9. The van der Waals surface area contributed by atoms with Gasteiger partial charge < -0.3 is 4.98 Å². The molecule has 2 N–H and O–H groups in total. The van der Waals surface area contributed by atoms with Crippen LogP contribution in [0.1, 0.15) is 17.3 Å². The summed E-state index contributed by atoms with van der Waals surface area (Å²) in [5.41, 5.74) is 2.84. The van der Waals surface area contributed by atoms with E-state index in [4.69, 9.17) is 4.84 Å². The summed E-state index contributed by atoms with van der Waals surface area (Å²) in [6.07, 6.45) is 0. The van der Waals surface area contributed by atoms with Crippen LogP contribution in [0.4, 0.5) is 0 Å². The molecule has 0 aliphatic carbocycles. The number of carbonyl (C=O) groups excluding carboxylic acids is 1. The lowest BCUT2D eigenvalue weighted by Crippen LogP contribution is -2.25. The van der Waals surface area contributed by atoms with Gasteiger partial charge in [0.25, 0.3) is 5.91 Å². The fraction of sp³-hybridized carbons (Fsp3) is 0.167. The molecule has 1 amide bonds. The van der Waals surface area contributed by atoms with E-state index < -0.39 is 5.91 Å². The largest absolute Gasteiger partial charge is 0.322 e. The summed E-state index contributed by atoms with van der Waals surface area (Å²) in [7, 11) is 0. The summed E-state index contributed by atoms with van der Waals surface area (Å²) >= 11 is 3.33. The lowest BCUT2D eigenvalue weighted by Gasteiger charge is -2.07. The molecule has 0 radical (unpaired) electrons. The van der Waals surface area contributed by atoms with Crippen LogP contribution in [0.2, 0.25) is 0 Å². The van der Waals surface area contributed by atoms with E-state index >= 15 is 0 Å². The zero-order valence-corrected chi connectivity index (χ0v) is 11.2. The number of aromatic amines is 1. The Morgan fingerprint density at radius 2 is 2.22 bits per heavy atom. The van der Waals surface area contributed by atoms with Gasteiger partial charge in [0.1, 0.15) is 0 Å². The molecule has 2 aromatic rings. The summed E-state index contributed by atoms with van der Waals surface area (Å²) in [6.45, 7) is 2.11. The van der Waals surface area contributed by atoms with E-state index in [9.17, 15) is 9.59 Å². The first kappa shape index (κ1) is 12.8. The first-order valence-electron chi connectivity index (χ1n) is 5.36. The Balaban J connectivity index is 2.57. The molecule has 0 atom stereocenters. The molecule has 0 unspecified atom stereocenters. The molecule has 0 aliphatic rings. The van der Waals surface area contributed by atoms with Crippen LogP contribution in [0.5, 0.6) is 0 Å². The van der Waals surface area contributed by atoms with Crippen LogP contribution in [0.25, 0.3) is 10.9 Å². The van der Waals surface area contributed by atoms with Crippen LogP contribution < -0.4 is 11.0 Å². The average molecular weight is 311 g/mol. The number of hydroxylamine groups is 1. The fourth-order valence-corrected chi connectivity index (χ4v) is 1.97. The molecule has 0 saturated carbocycles. The van der Waals surface area contributed by atoms with E-state index in [2.05, 4.69) is 26.4 Å². The highest BCUT2D eigenvalue weighted by molar-refractivity contribution is 9.10. The molecule has 2 rings (SSSR count). The molecule has 0 bridgehead atoms. The average Bonchev–Trinajstić information content (AvgIpc) is 2.35. The van der Waals surface area contributed by atoms with Crippen molar-refractivity contribution in [2.75, 3.05) is 6.61 Å². The highest BCUT2D eigenvalue weighted by Gasteiger charge is 2.12. The number of hydrogen-bond donors (Lipinski definition) is 2. The highest BCUT2D eigenvalue weighted by atomic mass is 79.9. The summed E-state index contributed by atoms with van der Waals surface area (Å²) < 4.78 is 0.826. The third-order valence-corrected chi connectivity index (χ3v) is 2.85. The number of fused-ring (bicyclic) bond motifs is 1.